The van der Waals surface area contributed by atoms with Crippen LogP contribution in [0.1, 0.15) is 23.7 Å². The van der Waals surface area contributed by atoms with Crippen molar-refractivity contribution in [1.29, 1.82) is 0 Å². The fourth-order valence-electron chi connectivity index (χ4n) is 1.41. The van der Waals surface area contributed by atoms with Gasteiger partial charge in [0.1, 0.15) is 6.29 Å². The maximum absolute atomic E-state index is 12.0. The van der Waals surface area contributed by atoms with Gasteiger partial charge in [0.2, 0.25) is 10.0 Å². The van der Waals surface area contributed by atoms with Crippen LogP contribution in [0.4, 0.5) is 0 Å². The Labute approximate surface area is 112 Å². The Bertz CT molecular complexity index is 483. The summed E-state index contributed by atoms with van der Waals surface area (Å²) in [6, 6.07) is 5.76. The first kappa shape index (κ1) is 15.2. The standard InChI is InChI=1S/C12H17NO3S2/c1-10(7-8-17-2)13-18(15,16)12-5-3-11(9-14)4-6-12/h3-6,9-10,13H,7-8H2,1-2H3. The lowest BCUT2D eigenvalue weighted by molar-refractivity contribution is 0.112. The first-order valence-corrected chi connectivity index (χ1v) is 8.44. The topological polar surface area (TPSA) is 63.2 Å². The monoisotopic (exact) mass is 287 g/mol. The predicted molar refractivity (Wildman–Crippen MR) is 74.6 cm³/mol. The van der Waals surface area contributed by atoms with E-state index in [1.807, 2.05) is 13.2 Å². The molecular formula is C12H17NO3S2. The van der Waals surface area contributed by atoms with Crippen LogP contribution < -0.4 is 4.72 Å². The molecule has 100 valence electrons. The minimum atomic E-state index is -3.49. The van der Waals surface area contributed by atoms with Gasteiger partial charge in [0, 0.05) is 11.6 Å². The summed E-state index contributed by atoms with van der Waals surface area (Å²) in [6.45, 7) is 1.84. The van der Waals surface area contributed by atoms with Crippen molar-refractivity contribution in [2.75, 3.05) is 12.0 Å². The molecule has 0 bridgehead atoms. The number of thioether (sulfide) groups is 1. The van der Waals surface area contributed by atoms with E-state index < -0.39 is 10.0 Å². The lowest BCUT2D eigenvalue weighted by atomic mass is 10.2. The molecule has 0 aliphatic heterocycles. The summed E-state index contributed by atoms with van der Waals surface area (Å²) in [7, 11) is -3.49. The molecule has 0 saturated heterocycles. The summed E-state index contributed by atoms with van der Waals surface area (Å²) in [6.07, 6.45) is 3.46. The van der Waals surface area contributed by atoms with Crippen molar-refractivity contribution in [1.82, 2.24) is 4.72 Å². The highest BCUT2D eigenvalue weighted by Crippen LogP contribution is 2.11. The number of hydrogen-bond acceptors (Lipinski definition) is 4. The highest BCUT2D eigenvalue weighted by atomic mass is 32.2. The molecule has 0 heterocycles. The molecule has 0 amide bonds. The second-order valence-corrected chi connectivity index (χ2v) is 6.69. The van der Waals surface area contributed by atoms with E-state index in [-0.39, 0.29) is 10.9 Å². The third-order valence-corrected chi connectivity index (χ3v) is 4.69. The Morgan fingerprint density at radius 3 is 2.44 bits per heavy atom. The van der Waals surface area contributed by atoms with Gasteiger partial charge in [-0.15, -0.1) is 0 Å². The SMILES string of the molecule is CSCCC(C)NS(=O)(=O)c1ccc(C=O)cc1. The van der Waals surface area contributed by atoms with Crippen molar-refractivity contribution in [3.05, 3.63) is 29.8 Å². The molecule has 4 nitrogen and oxygen atoms in total. The Balaban J connectivity index is 2.75. The van der Waals surface area contributed by atoms with Gasteiger partial charge in [-0.25, -0.2) is 13.1 Å². The summed E-state index contributed by atoms with van der Waals surface area (Å²) in [5.41, 5.74) is 0.462. The van der Waals surface area contributed by atoms with E-state index in [0.29, 0.717) is 11.8 Å². The highest BCUT2D eigenvalue weighted by Gasteiger charge is 2.16. The average Bonchev–Trinajstić information content (AvgIpc) is 2.36. The van der Waals surface area contributed by atoms with Gasteiger partial charge < -0.3 is 0 Å². The van der Waals surface area contributed by atoms with Crippen molar-refractivity contribution in [3.63, 3.8) is 0 Å². The van der Waals surface area contributed by atoms with Crippen LogP contribution in [0.15, 0.2) is 29.2 Å². The van der Waals surface area contributed by atoms with E-state index >= 15 is 0 Å². The second-order valence-electron chi connectivity index (χ2n) is 3.99. The highest BCUT2D eigenvalue weighted by molar-refractivity contribution is 7.98. The van der Waals surface area contributed by atoms with Crippen molar-refractivity contribution in [3.8, 4) is 0 Å². The number of sulfonamides is 1. The van der Waals surface area contributed by atoms with Crippen molar-refractivity contribution < 1.29 is 13.2 Å². The fraction of sp³-hybridized carbons (Fsp3) is 0.417. The van der Waals surface area contributed by atoms with Crippen LogP contribution in [-0.4, -0.2) is 32.8 Å². The third kappa shape index (κ3) is 4.44. The number of carbonyl (C=O) groups is 1. The van der Waals surface area contributed by atoms with Crippen LogP contribution >= 0.6 is 11.8 Å². The smallest absolute Gasteiger partial charge is 0.240 e. The zero-order valence-electron chi connectivity index (χ0n) is 10.4. The molecule has 0 aliphatic carbocycles. The molecule has 1 aromatic carbocycles. The number of aldehydes is 1. The van der Waals surface area contributed by atoms with Crippen LogP contribution in [0.3, 0.4) is 0 Å². The fourth-order valence-corrected chi connectivity index (χ4v) is 3.28. The zero-order valence-corrected chi connectivity index (χ0v) is 12.1. The lowest BCUT2D eigenvalue weighted by Gasteiger charge is -2.13. The molecule has 1 unspecified atom stereocenters. The van der Waals surface area contributed by atoms with Gasteiger partial charge >= 0.3 is 0 Å². The first-order valence-electron chi connectivity index (χ1n) is 5.56. The van der Waals surface area contributed by atoms with Gasteiger partial charge in [-0.2, -0.15) is 11.8 Å². The Morgan fingerprint density at radius 1 is 1.33 bits per heavy atom. The molecule has 6 heteroatoms. The molecular weight excluding hydrogens is 270 g/mol. The van der Waals surface area contributed by atoms with E-state index in [9.17, 15) is 13.2 Å². The van der Waals surface area contributed by atoms with Gasteiger partial charge in [-0.05, 0) is 37.5 Å². The van der Waals surface area contributed by atoms with Crippen LogP contribution in [0.2, 0.25) is 0 Å². The van der Waals surface area contributed by atoms with Crippen LogP contribution in [-0.2, 0) is 10.0 Å². The molecule has 1 rings (SSSR count). The van der Waals surface area contributed by atoms with E-state index in [2.05, 4.69) is 4.72 Å². The summed E-state index contributed by atoms with van der Waals surface area (Å²) in [4.78, 5) is 10.7. The lowest BCUT2D eigenvalue weighted by Crippen LogP contribution is -2.32. The van der Waals surface area contributed by atoms with Crippen molar-refractivity contribution in [2.45, 2.75) is 24.3 Å². The maximum atomic E-state index is 12.0. The number of nitrogens with one attached hydrogen (secondary N) is 1. The van der Waals surface area contributed by atoms with Crippen LogP contribution in [0, 0.1) is 0 Å². The summed E-state index contributed by atoms with van der Waals surface area (Å²) in [5.74, 6) is 0.910. The minimum Gasteiger partial charge on any atom is -0.298 e. The number of benzene rings is 1. The maximum Gasteiger partial charge on any atom is 0.240 e. The molecule has 0 radical (unpaired) electrons. The Kier molecular flexibility index (Phi) is 5.84. The molecule has 0 aromatic heterocycles. The van der Waals surface area contributed by atoms with Gasteiger partial charge in [-0.3, -0.25) is 4.79 Å². The molecule has 1 N–H and O–H groups in total. The van der Waals surface area contributed by atoms with Gasteiger partial charge in [-0.1, -0.05) is 12.1 Å². The summed E-state index contributed by atoms with van der Waals surface area (Å²) >= 11 is 1.68. The van der Waals surface area contributed by atoms with Crippen LogP contribution in [0.25, 0.3) is 0 Å². The summed E-state index contributed by atoms with van der Waals surface area (Å²) in [5, 5.41) is 0. The quantitative estimate of drug-likeness (QED) is 0.778. The Morgan fingerprint density at radius 2 is 1.94 bits per heavy atom. The molecule has 0 fully saturated rings. The molecule has 1 aromatic rings. The van der Waals surface area contributed by atoms with E-state index in [1.54, 1.807) is 11.8 Å². The second kappa shape index (κ2) is 6.92. The van der Waals surface area contributed by atoms with Crippen molar-refractivity contribution in [2.24, 2.45) is 0 Å². The van der Waals surface area contributed by atoms with E-state index in [4.69, 9.17) is 0 Å². The molecule has 0 aliphatic rings. The predicted octanol–water partition coefficient (Wildman–Crippen LogP) is 1.92. The molecule has 0 saturated carbocycles. The van der Waals surface area contributed by atoms with E-state index in [1.165, 1.54) is 24.3 Å². The third-order valence-electron chi connectivity index (χ3n) is 2.44. The zero-order chi connectivity index (χ0) is 13.6. The number of rotatable bonds is 7. The summed E-state index contributed by atoms with van der Waals surface area (Å²) < 4.78 is 26.6. The van der Waals surface area contributed by atoms with Gasteiger partial charge in [0.25, 0.3) is 0 Å². The largest absolute Gasteiger partial charge is 0.298 e. The van der Waals surface area contributed by atoms with E-state index in [0.717, 1.165) is 12.2 Å². The van der Waals surface area contributed by atoms with Crippen molar-refractivity contribution >= 4 is 28.1 Å². The van der Waals surface area contributed by atoms with Gasteiger partial charge in [0.05, 0.1) is 4.90 Å². The number of carbonyl (C=O) groups excluding carboxylic acids is 1. The first-order chi connectivity index (χ1) is 8.49. The molecule has 18 heavy (non-hydrogen) atoms. The number of hydrogen-bond donors (Lipinski definition) is 1. The normalized spacial score (nSPS) is 13.2. The van der Waals surface area contributed by atoms with Crippen LogP contribution in [0.5, 0.6) is 0 Å². The van der Waals surface area contributed by atoms with Gasteiger partial charge in [0.15, 0.2) is 0 Å². The molecule has 0 spiro atoms. The molecule has 1 atom stereocenters. The minimum absolute atomic E-state index is 0.104. The average molecular weight is 287 g/mol. The Hall–Kier alpha value is -0.850.